The van der Waals surface area contributed by atoms with Crippen molar-refractivity contribution >= 4 is 11.5 Å². The number of nitrogen functional groups attached to an aromatic ring is 1. The number of hydrogen-bond donors (Lipinski definition) is 1. The molecule has 17 heavy (non-hydrogen) atoms. The van der Waals surface area contributed by atoms with E-state index < -0.39 is 12.1 Å². The lowest BCUT2D eigenvalue weighted by Gasteiger charge is -2.35. The first-order valence-electron chi connectivity index (χ1n) is 5.50. The van der Waals surface area contributed by atoms with Gasteiger partial charge in [0, 0.05) is 31.0 Å². The number of alkyl halides is 3. The molecule has 0 bridgehead atoms. The standard InChI is InChI=1S/C11H14F3N3/c12-11(13,14)8-2-1-5-17(7-8)9-3-4-16-10(15)6-9/h3-4,6,8H,1-2,5,7H2,(H2,15,16). The van der Waals surface area contributed by atoms with Gasteiger partial charge < -0.3 is 10.6 Å². The van der Waals surface area contributed by atoms with E-state index in [-0.39, 0.29) is 13.0 Å². The molecule has 2 rings (SSSR count). The number of piperidine rings is 1. The number of nitrogens with two attached hydrogens (primary N) is 1. The molecule has 2 N–H and O–H groups in total. The molecule has 6 heteroatoms. The van der Waals surface area contributed by atoms with Crippen molar-refractivity contribution in [2.45, 2.75) is 19.0 Å². The van der Waals surface area contributed by atoms with E-state index >= 15 is 0 Å². The second-order valence-electron chi connectivity index (χ2n) is 4.27. The fraction of sp³-hybridized carbons (Fsp3) is 0.545. The van der Waals surface area contributed by atoms with Gasteiger partial charge in [0.25, 0.3) is 0 Å². The third kappa shape index (κ3) is 2.81. The topological polar surface area (TPSA) is 42.1 Å². The van der Waals surface area contributed by atoms with Gasteiger partial charge >= 0.3 is 6.18 Å². The Labute approximate surface area is 97.4 Å². The molecule has 3 nitrogen and oxygen atoms in total. The molecule has 0 radical (unpaired) electrons. The van der Waals surface area contributed by atoms with E-state index in [2.05, 4.69) is 4.98 Å². The van der Waals surface area contributed by atoms with Crippen LogP contribution in [-0.2, 0) is 0 Å². The van der Waals surface area contributed by atoms with Crippen molar-refractivity contribution < 1.29 is 13.2 Å². The first-order valence-corrected chi connectivity index (χ1v) is 5.50. The minimum absolute atomic E-state index is 0.00690. The third-order valence-corrected chi connectivity index (χ3v) is 3.01. The van der Waals surface area contributed by atoms with E-state index in [9.17, 15) is 13.2 Å². The number of anilines is 2. The summed E-state index contributed by atoms with van der Waals surface area (Å²) in [5.41, 5.74) is 6.24. The zero-order valence-corrected chi connectivity index (χ0v) is 9.24. The Morgan fingerprint density at radius 1 is 1.41 bits per heavy atom. The van der Waals surface area contributed by atoms with Crippen molar-refractivity contribution in [3.8, 4) is 0 Å². The van der Waals surface area contributed by atoms with Crippen LogP contribution in [0.2, 0.25) is 0 Å². The molecule has 0 saturated carbocycles. The van der Waals surface area contributed by atoms with Crippen LogP contribution in [0.15, 0.2) is 18.3 Å². The molecular formula is C11H14F3N3. The van der Waals surface area contributed by atoms with Gasteiger partial charge in [0.15, 0.2) is 0 Å². The van der Waals surface area contributed by atoms with Gasteiger partial charge in [-0.2, -0.15) is 13.2 Å². The minimum atomic E-state index is -4.11. The molecule has 0 spiro atoms. The van der Waals surface area contributed by atoms with Crippen LogP contribution < -0.4 is 10.6 Å². The Morgan fingerprint density at radius 2 is 2.18 bits per heavy atom. The van der Waals surface area contributed by atoms with Crippen molar-refractivity contribution in [2.75, 3.05) is 23.7 Å². The highest BCUT2D eigenvalue weighted by molar-refractivity contribution is 5.52. The second kappa shape index (κ2) is 4.43. The van der Waals surface area contributed by atoms with E-state index in [1.807, 2.05) is 0 Å². The average Bonchev–Trinajstić information content (AvgIpc) is 2.28. The molecule has 0 aliphatic carbocycles. The van der Waals surface area contributed by atoms with Crippen LogP contribution in [0, 0.1) is 5.92 Å². The highest BCUT2D eigenvalue weighted by Crippen LogP contribution is 2.34. The van der Waals surface area contributed by atoms with Crippen LogP contribution in [0.5, 0.6) is 0 Å². The molecule has 94 valence electrons. The van der Waals surface area contributed by atoms with Crippen LogP contribution in [0.4, 0.5) is 24.7 Å². The molecule has 1 fully saturated rings. The van der Waals surface area contributed by atoms with Crippen molar-refractivity contribution in [2.24, 2.45) is 5.92 Å². The number of aromatic nitrogens is 1. The van der Waals surface area contributed by atoms with Gasteiger partial charge in [-0.05, 0) is 18.9 Å². The van der Waals surface area contributed by atoms with Crippen LogP contribution in [0.3, 0.4) is 0 Å². The van der Waals surface area contributed by atoms with Crippen LogP contribution in [0.25, 0.3) is 0 Å². The number of hydrogen-bond acceptors (Lipinski definition) is 3. The lowest BCUT2D eigenvalue weighted by atomic mass is 9.97. The SMILES string of the molecule is Nc1cc(N2CCCC(C(F)(F)F)C2)ccn1. The molecule has 1 atom stereocenters. The van der Waals surface area contributed by atoms with Gasteiger partial charge in [-0.3, -0.25) is 0 Å². The average molecular weight is 245 g/mol. The highest BCUT2D eigenvalue weighted by atomic mass is 19.4. The van der Waals surface area contributed by atoms with Gasteiger partial charge in [-0.25, -0.2) is 4.98 Å². The quantitative estimate of drug-likeness (QED) is 0.826. The van der Waals surface area contributed by atoms with Crippen molar-refractivity contribution in [1.29, 1.82) is 0 Å². The van der Waals surface area contributed by atoms with Gasteiger partial charge in [-0.15, -0.1) is 0 Å². The molecule has 0 aromatic carbocycles. The molecule has 1 aromatic rings. The monoisotopic (exact) mass is 245 g/mol. The van der Waals surface area contributed by atoms with Gasteiger partial charge in [0.05, 0.1) is 5.92 Å². The largest absolute Gasteiger partial charge is 0.393 e. The van der Waals surface area contributed by atoms with Crippen LogP contribution in [-0.4, -0.2) is 24.2 Å². The summed E-state index contributed by atoms with van der Waals surface area (Å²) in [7, 11) is 0. The Balaban J connectivity index is 2.12. The summed E-state index contributed by atoms with van der Waals surface area (Å²) < 4.78 is 37.9. The fourth-order valence-electron chi connectivity index (χ4n) is 2.11. The summed E-state index contributed by atoms with van der Waals surface area (Å²) in [5, 5.41) is 0. The van der Waals surface area contributed by atoms with Crippen LogP contribution >= 0.6 is 0 Å². The summed E-state index contributed by atoms with van der Waals surface area (Å²) in [4.78, 5) is 5.55. The van der Waals surface area contributed by atoms with Gasteiger partial charge in [-0.1, -0.05) is 0 Å². The van der Waals surface area contributed by atoms with E-state index in [0.29, 0.717) is 24.5 Å². The first-order chi connectivity index (χ1) is 7.97. The highest BCUT2D eigenvalue weighted by Gasteiger charge is 2.41. The van der Waals surface area contributed by atoms with Crippen LogP contribution in [0.1, 0.15) is 12.8 Å². The number of halogens is 3. The molecule has 1 unspecified atom stereocenters. The Hall–Kier alpha value is -1.46. The maximum Gasteiger partial charge on any atom is 0.393 e. The lowest BCUT2D eigenvalue weighted by molar-refractivity contribution is -0.175. The van der Waals surface area contributed by atoms with Crippen molar-refractivity contribution in [3.05, 3.63) is 18.3 Å². The number of rotatable bonds is 1. The lowest BCUT2D eigenvalue weighted by Crippen LogP contribution is -2.41. The summed E-state index contributed by atoms with van der Waals surface area (Å²) in [6, 6.07) is 3.30. The maximum atomic E-state index is 12.6. The van der Waals surface area contributed by atoms with Crippen molar-refractivity contribution in [3.63, 3.8) is 0 Å². The second-order valence-corrected chi connectivity index (χ2v) is 4.27. The third-order valence-electron chi connectivity index (χ3n) is 3.01. The molecule has 1 aliphatic rings. The van der Waals surface area contributed by atoms with Gasteiger partial charge in [0.1, 0.15) is 5.82 Å². The fourth-order valence-corrected chi connectivity index (χ4v) is 2.11. The molecule has 1 aromatic heterocycles. The summed E-state index contributed by atoms with van der Waals surface area (Å²) >= 11 is 0. The molecule has 2 heterocycles. The molecular weight excluding hydrogens is 231 g/mol. The Bertz CT molecular complexity index is 392. The first kappa shape index (κ1) is 12.0. The van der Waals surface area contributed by atoms with E-state index in [1.54, 1.807) is 17.0 Å². The summed E-state index contributed by atoms with van der Waals surface area (Å²) in [6.45, 7) is 0.642. The molecule has 0 amide bonds. The smallest absolute Gasteiger partial charge is 0.384 e. The van der Waals surface area contributed by atoms with Gasteiger partial charge in [0.2, 0.25) is 0 Å². The Morgan fingerprint density at radius 3 is 2.82 bits per heavy atom. The zero-order valence-electron chi connectivity index (χ0n) is 9.24. The normalized spacial score (nSPS) is 21.6. The minimum Gasteiger partial charge on any atom is -0.384 e. The molecule has 1 aliphatic heterocycles. The van der Waals surface area contributed by atoms with Crippen molar-refractivity contribution in [1.82, 2.24) is 4.98 Å². The Kier molecular flexibility index (Phi) is 3.13. The predicted octanol–water partition coefficient (Wildman–Crippen LogP) is 2.44. The van der Waals surface area contributed by atoms with E-state index in [4.69, 9.17) is 5.73 Å². The predicted molar refractivity (Wildman–Crippen MR) is 59.6 cm³/mol. The summed E-state index contributed by atoms with van der Waals surface area (Å²) in [5.74, 6) is -0.915. The number of pyridine rings is 1. The number of nitrogens with zero attached hydrogens (tertiary/aromatic N) is 2. The summed E-state index contributed by atoms with van der Waals surface area (Å²) in [6.07, 6.45) is -1.84. The van der Waals surface area contributed by atoms with E-state index in [0.717, 1.165) is 0 Å². The molecule has 1 saturated heterocycles. The maximum absolute atomic E-state index is 12.6. The zero-order chi connectivity index (χ0) is 12.5. The van der Waals surface area contributed by atoms with E-state index in [1.165, 1.54) is 6.20 Å².